The third kappa shape index (κ3) is 10.6. The second-order valence-electron chi connectivity index (χ2n) is 13.2. The second kappa shape index (κ2) is 18.9. The number of nitrogens with one attached hydrogen (secondary N) is 2. The zero-order valence-corrected chi connectivity index (χ0v) is 30.8. The number of aryl methyl sites for hydroxylation is 1. The van der Waals surface area contributed by atoms with Gasteiger partial charge in [0.25, 0.3) is 5.91 Å². The third-order valence-corrected chi connectivity index (χ3v) is 8.70. The Morgan fingerprint density at radius 3 is 2.47 bits per heavy atom. The highest BCUT2D eigenvalue weighted by Crippen LogP contribution is 2.34. The molecular weight excluding hydrogens is 638 g/mol. The normalized spacial score (nSPS) is 13.1. The first-order valence-electron chi connectivity index (χ1n) is 18.2. The molecule has 0 spiro atoms. The Morgan fingerprint density at radius 2 is 1.75 bits per heavy atom. The first-order chi connectivity index (χ1) is 24.9. The summed E-state index contributed by atoms with van der Waals surface area (Å²) in [5.74, 6) is 2.05. The number of imidazole rings is 1. The summed E-state index contributed by atoms with van der Waals surface area (Å²) in [6.45, 7) is 13.2. The summed E-state index contributed by atoms with van der Waals surface area (Å²) in [5.41, 5.74) is 10.5. The lowest BCUT2D eigenvalue weighted by Crippen LogP contribution is -2.29. The number of fused-ring (bicyclic) bond motifs is 1. The van der Waals surface area contributed by atoms with E-state index in [1.54, 1.807) is 13.3 Å². The van der Waals surface area contributed by atoms with E-state index in [-0.39, 0.29) is 5.91 Å². The van der Waals surface area contributed by atoms with E-state index in [1.807, 2.05) is 48.7 Å². The lowest BCUT2D eigenvalue weighted by atomic mass is 10.00. The number of unbranched alkanes of at least 4 members (excludes halogenated alkanes) is 1. The number of anilines is 2. The van der Waals surface area contributed by atoms with Crippen LogP contribution in [0.4, 0.5) is 11.4 Å². The van der Waals surface area contributed by atoms with Crippen LogP contribution >= 0.6 is 0 Å². The van der Waals surface area contributed by atoms with Crippen molar-refractivity contribution < 1.29 is 19.1 Å². The highest BCUT2D eigenvalue weighted by atomic mass is 16.6. The van der Waals surface area contributed by atoms with E-state index in [9.17, 15) is 4.79 Å². The number of rotatable bonds is 18. The molecular formula is C42H53N5O4. The molecule has 1 aliphatic heterocycles. The summed E-state index contributed by atoms with van der Waals surface area (Å²) < 4.78 is 13.6. The molecule has 51 heavy (non-hydrogen) atoms. The van der Waals surface area contributed by atoms with Crippen molar-refractivity contribution in [3.05, 3.63) is 102 Å². The molecule has 2 heterocycles. The molecule has 0 fully saturated rings. The molecule has 0 aliphatic carbocycles. The van der Waals surface area contributed by atoms with Gasteiger partial charge in [0.15, 0.2) is 0 Å². The number of nitrogens with zero attached hydrogens (tertiary/aromatic N) is 3. The molecule has 1 amide bonds. The van der Waals surface area contributed by atoms with Gasteiger partial charge in [0.1, 0.15) is 18.2 Å². The Hall–Kier alpha value is -4.86. The molecule has 1 aromatic heterocycles. The SMILES string of the molecule is CCCCOCCOc1ccc(-c2ccc3c(c2)C=C(C(=O)Nc2ccc(C(=Cc4nccn4CCC)NOC)cc2)CCN3CC(C)C)cc1. The molecule has 9 nitrogen and oxygen atoms in total. The fraction of sp³-hybridized carbons (Fsp3) is 0.381. The molecule has 0 bridgehead atoms. The molecule has 9 heteroatoms. The van der Waals surface area contributed by atoms with Gasteiger partial charge in [0, 0.05) is 67.2 Å². The van der Waals surface area contributed by atoms with E-state index in [0.717, 1.165) is 102 Å². The zero-order chi connectivity index (χ0) is 36.0. The maximum Gasteiger partial charge on any atom is 0.251 e. The van der Waals surface area contributed by atoms with Crippen molar-refractivity contribution in [2.75, 3.05) is 50.2 Å². The van der Waals surface area contributed by atoms with Gasteiger partial charge in [-0.05, 0) is 84.3 Å². The van der Waals surface area contributed by atoms with Crippen LogP contribution < -0.4 is 20.4 Å². The molecule has 5 rings (SSSR count). The average molecular weight is 692 g/mol. The van der Waals surface area contributed by atoms with Crippen LogP contribution in [-0.4, -0.2) is 55.5 Å². The van der Waals surface area contributed by atoms with Crippen LogP contribution in [0.1, 0.15) is 70.3 Å². The van der Waals surface area contributed by atoms with Gasteiger partial charge >= 0.3 is 0 Å². The van der Waals surface area contributed by atoms with Gasteiger partial charge in [0.2, 0.25) is 0 Å². The Morgan fingerprint density at radius 1 is 0.961 bits per heavy atom. The molecule has 1 aliphatic rings. The van der Waals surface area contributed by atoms with Crippen molar-refractivity contribution in [3.63, 3.8) is 0 Å². The minimum Gasteiger partial charge on any atom is -0.491 e. The quantitative estimate of drug-likeness (QED) is 0.0797. The Balaban J connectivity index is 1.31. The van der Waals surface area contributed by atoms with Crippen LogP contribution in [0.3, 0.4) is 0 Å². The predicted octanol–water partition coefficient (Wildman–Crippen LogP) is 8.69. The van der Waals surface area contributed by atoms with Crippen LogP contribution in [0, 0.1) is 5.92 Å². The lowest BCUT2D eigenvalue weighted by molar-refractivity contribution is -0.112. The topological polar surface area (TPSA) is 89.9 Å². The van der Waals surface area contributed by atoms with Gasteiger partial charge in [0.05, 0.1) is 19.4 Å². The first kappa shape index (κ1) is 37.4. The van der Waals surface area contributed by atoms with E-state index in [0.29, 0.717) is 25.6 Å². The Bertz CT molecular complexity index is 1760. The summed E-state index contributed by atoms with van der Waals surface area (Å²) in [7, 11) is 1.59. The van der Waals surface area contributed by atoms with Crippen LogP contribution in [0.25, 0.3) is 29.0 Å². The molecule has 2 N–H and O–H groups in total. The number of amides is 1. The summed E-state index contributed by atoms with van der Waals surface area (Å²) in [4.78, 5) is 25.9. The maximum atomic E-state index is 13.8. The highest BCUT2D eigenvalue weighted by molar-refractivity contribution is 6.07. The Kier molecular flexibility index (Phi) is 13.9. The van der Waals surface area contributed by atoms with Gasteiger partial charge in [-0.15, -0.1) is 0 Å². The van der Waals surface area contributed by atoms with Gasteiger partial charge in [-0.2, -0.15) is 0 Å². The van der Waals surface area contributed by atoms with Gasteiger partial charge < -0.3 is 24.3 Å². The largest absolute Gasteiger partial charge is 0.491 e. The van der Waals surface area contributed by atoms with Gasteiger partial charge in [-0.1, -0.05) is 64.4 Å². The minimum absolute atomic E-state index is 0.0990. The van der Waals surface area contributed by atoms with Gasteiger partial charge in [-0.3, -0.25) is 15.1 Å². The third-order valence-electron chi connectivity index (χ3n) is 8.70. The van der Waals surface area contributed by atoms with Crippen molar-refractivity contribution >= 4 is 35.1 Å². The van der Waals surface area contributed by atoms with Crippen LogP contribution in [0.5, 0.6) is 5.75 Å². The van der Waals surface area contributed by atoms with Crippen LogP contribution in [0.2, 0.25) is 0 Å². The fourth-order valence-corrected chi connectivity index (χ4v) is 6.14. The highest BCUT2D eigenvalue weighted by Gasteiger charge is 2.21. The smallest absolute Gasteiger partial charge is 0.251 e. The number of carbonyl (C=O) groups excluding carboxylic acids is 1. The van der Waals surface area contributed by atoms with Crippen molar-refractivity contribution in [2.24, 2.45) is 5.92 Å². The molecule has 3 aromatic carbocycles. The first-order valence-corrected chi connectivity index (χ1v) is 18.2. The van der Waals surface area contributed by atoms with Crippen molar-refractivity contribution in [2.45, 2.75) is 59.9 Å². The molecule has 0 saturated heterocycles. The molecule has 0 unspecified atom stereocenters. The second-order valence-corrected chi connectivity index (χ2v) is 13.2. The van der Waals surface area contributed by atoms with Crippen molar-refractivity contribution in [1.29, 1.82) is 0 Å². The lowest BCUT2D eigenvalue weighted by Gasteiger charge is -2.27. The van der Waals surface area contributed by atoms with E-state index >= 15 is 0 Å². The van der Waals surface area contributed by atoms with E-state index in [4.69, 9.17) is 14.3 Å². The molecule has 0 radical (unpaired) electrons. The minimum atomic E-state index is -0.0990. The Labute approximate surface area is 303 Å². The number of aromatic nitrogens is 2. The monoisotopic (exact) mass is 691 g/mol. The number of benzene rings is 3. The zero-order valence-electron chi connectivity index (χ0n) is 30.8. The number of hydroxylamine groups is 1. The summed E-state index contributed by atoms with van der Waals surface area (Å²) in [5, 5.41) is 3.14. The summed E-state index contributed by atoms with van der Waals surface area (Å²) in [6, 6.07) is 22.5. The van der Waals surface area contributed by atoms with Crippen molar-refractivity contribution in [3.8, 4) is 16.9 Å². The predicted molar refractivity (Wildman–Crippen MR) is 208 cm³/mol. The molecule has 0 saturated carbocycles. The van der Waals surface area contributed by atoms with E-state index in [2.05, 4.69) is 89.4 Å². The molecule has 4 aromatic rings. The van der Waals surface area contributed by atoms with Gasteiger partial charge in [-0.25, -0.2) is 4.98 Å². The number of carbonyl (C=O) groups is 1. The number of hydrogen-bond acceptors (Lipinski definition) is 7. The standard InChI is InChI=1S/C42H53N5O4/c1-6-8-24-50-25-26-51-38-16-11-32(12-17-38)34-13-18-40-36(27-34)28-35(19-22-47(40)30-31(3)4)42(48)44-37-14-9-33(10-15-37)39(45-49-5)29-41-43-20-23-46(41)21-7-2/h9-18,20,23,27-29,31,45H,6-8,19,21-22,24-26,30H2,1-5H3,(H,44,48). The maximum absolute atomic E-state index is 13.8. The number of hydrogen-bond donors (Lipinski definition) is 2. The van der Waals surface area contributed by atoms with Crippen LogP contribution in [0.15, 0.2) is 84.7 Å². The number of ether oxygens (including phenoxy) is 2. The molecule has 270 valence electrons. The average Bonchev–Trinajstić information content (AvgIpc) is 3.49. The summed E-state index contributed by atoms with van der Waals surface area (Å²) >= 11 is 0. The van der Waals surface area contributed by atoms with Crippen molar-refractivity contribution in [1.82, 2.24) is 15.0 Å². The molecule has 0 atom stereocenters. The summed E-state index contributed by atoms with van der Waals surface area (Å²) in [6.07, 6.45) is 11.6. The van der Waals surface area contributed by atoms with E-state index in [1.165, 1.54) is 0 Å². The van der Waals surface area contributed by atoms with Crippen LogP contribution in [-0.2, 0) is 20.9 Å². The fourth-order valence-electron chi connectivity index (χ4n) is 6.14. The van der Waals surface area contributed by atoms with E-state index < -0.39 is 0 Å².